The highest BCUT2D eigenvalue weighted by atomic mass is 15.0. The fourth-order valence-corrected chi connectivity index (χ4v) is 4.15. The minimum absolute atomic E-state index is 0.0890. The number of para-hydroxylation sites is 1. The molecule has 0 fully saturated rings. The Morgan fingerprint density at radius 3 is 2.83 bits per heavy atom. The summed E-state index contributed by atoms with van der Waals surface area (Å²) in [5, 5.41) is 20.0. The van der Waals surface area contributed by atoms with Gasteiger partial charge in [-0.1, -0.05) is 30.3 Å². The first-order valence-corrected chi connectivity index (χ1v) is 10.2. The quantitative estimate of drug-likeness (QED) is 0.647. The number of benzene rings is 2. The van der Waals surface area contributed by atoms with E-state index in [2.05, 4.69) is 46.3 Å². The van der Waals surface area contributed by atoms with Crippen molar-refractivity contribution in [3.63, 3.8) is 0 Å². The molecule has 1 atom stereocenters. The van der Waals surface area contributed by atoms with Gasteiger partial charge in [0.05, 0.1) is 23.0 Å². The zero-order valence-corrected chi connectivity index (χ0v) is 16.8. The maximum atomic E-state index is 9.49. The molecule has 5 N–H and O–H groups in total. The first-order chi connectivity index (χ1) is 14.2. The molecule has 5 nitrogen and oxygen atoms in total. The highest BCUT2D eigenvalue weighted by molar-refractivity contribution is 5.75. The van der Waals surface area contributed by atoms with E-state index >= 15 is 0 Å². The Balaban J connectivity index is 1.79. The van der Waals surface area contributed by atoms with Gasteiger partial charge in [0.2, 0.25) is 0 Å². The third-order valence-electron chi connectivity index (χ3n) is 5.64. The van der Waals surface area contributed by atoms with Gasteiger partial charge in [-0.25, -0.2) is 0 Å². The molecule has 148 valence electrons. The van der Waals surface area contributed by atoms with Gasteiger partial charge in [0.1, 0.15) is 6.07 Å². The predicted molar refractivity (Wildman–Crippen MR) is 119 cm³/mol. The number of hydrogen-bond donors (Lipinski definition) is 4. The molecule has 2 heterocycles. The lowest BCUT2D eigenvalue weighted by Gasteiger charge is -2.23. The second kappa shape index (κ2) is 8.42. The number of nitrogens with one attached hydrogen (secondary N) is 3. The van der Waals surface area contributed by atoms with E-state index in [-0.39, 0.29) is 6.04 Å². The van der Waals surface area contributed by atoms with Gasteiger partial charge in [0.15, 0.2) is 0 Å². The lowest BCUT2D eigenvalue weighted by molar-refractivity contribution is 0.682. The molecule has 1 unspecified atom stereocenters. The Morgan fingerprint density at radius 2 is 2.07 bits per heavy atom. The molecule has 0 aromatic heterocycles. The number of rotatable bonds is 3. The molecule has 2 aromatic rings. The molecule has 0 saturated carbocycles. The Morgan fingerprint density at radius 1 is 1.21 bits per heavy atom. The van der Waals surface area contributed by atoms with Gasteiger partial charge >= 0.3 is 0 Å². The van der Waals surface area contributed by atoms with Crippen LogP contribution in [0.15, 0.2) is 54.2 Å². The largest absolute Gasteiger partial charge is 0.401 e. The van der Waals surface area contributed by atoms with Crippen LogP contribution in [0.4, 0.5) is 5.69 Å². The number of hydrogen-bond acceptors (Lipinski definition) is 5. The van der Waals surface area contributed by atoms with Crippen LogP contribution < -0.4 is 21.7 Å². The average molecular weight is 386 g/mol. The second-order valence-electron chi connectivity index (χ2n) is 7.61. The lowest BCUT2D eigenvalue weighted by Crippen LogP contribution is -2.20. The van der Waals surface area contributed by atoms with Crippen molar-refractivity contribution in [1.29, 1.82) is 5.26 Å². The van der Waals surface area contributed by atoms with E-state index < -0.39 is 0 Å². The fourth-order valence-electron chi connectivity index (χ4n) is 4.15. The summed E-state index contributed by atoms with van der Waals surface area (Å²) in [7, 11) is 0. The van der Waals surface area contributed by atoms with Crippen molar-refractivity contribution in [1.82, 2.24) is 10.6 Å². The molecule has 2 aliphatic rings. The van der Waals surface area contributed by atoms with Crippen molar-refractivity contribution in [3.05, 3.63) is 76.5 Å². The van der Waals surface area contributed by atoms with Crippen molar-refractivity contribution < 1.29 is 0 Å². The van der Waals surface area contributed by atoms with Crippen molar-refractivity contribution in [3.8, 4) is 6.07 Å². The summed E-state index contributed by atoms with van der Waals surface area (Å²) in [6, 6.07) is 16.7. The maximum absolute atomic E-state index is 9.49. The van der Waals surface area contributed by atoms with Gasteiger partial charge in [-0.15, -0.1) is 0 Å². The molecule has 0 spiro atoms. The normalized spacial score (nSPS) is 20.4. The van der Waals surface area contributed by atoms with Crippen LogP contribution in [0.3, 0.4) is 0 Å². The van der Waals surface area contributed by atoms with Crippen LogP contribution in [0, 0.1) is 11.3 Å². The molecule has 2 aliphatic heterocycles. The molecule has 4 rings (SSSR count). The van der Waals surface area contributed by atoms with E-state index in [0.29, 0.717) is 5.56 Å². The maximum Gasteiger partial charge on any atom is 0.101 e. The van der Waals surface area contributed by atoms with Crippen molar-refractivity contribution >= 4 is 17.0 Å². The van der Waals surface area contributed by atoms with Crippen LogP contribution in [0.2, 0.25) is 0 Å². The zero-order valence-electron chi connectivity index (χ0n) is 16.8. The van der Waals surface area contributed by atoms with Crippen LogP contribution in [-0.2, 0) is 0 Å². The molecule has 0 aliphatic carbocycles. The summed E-state index contributed by atoms with van der Waals surface area (Å²) in [6.45, 7) is 4.67. The van der Waals surface area contributed by atoms with E-state index in [0.717, 1.165) is 55.1 Å². The van der Waals surface area contributed by atoms with Gasteiger partial charge < -0.3 is 21.7 Å². The SMILES string of the molecule is C/C(N)=C1/NCCC(Nc2ccccc2C#N)c2cc(C3=CCNCC3)ccc21. The second-order valence-corrected chi connectivity index (χ2v) is 7.61. The Hall–Kier alpha value is -3.23. The third-order valence-corrected chi connectivity index (χ3v) is 5.64. The lowest BCUT2D eigenvalue weighted by atomic mass is 9.91. The third kappa shape index (κ3) is 3.98. The van der Waals surface area contributed by atoms with Gasteiger partial charge in [-0.2, -0.15) is 5.26 Å². The first-order valence-electron chi connectivity index (χ1n) is 10.2. The molecular formula is C24H27N5. The number of nitrogens with zero attached hydrogens (tertiary/aromatic N) is 1. The summed E-state index contributed by atoms with van der Waals surface area (Å²) < 4.78 is 0. The predicted octanol–water partition coefficient (Wildman–Crippen LogP) is 3.73. The van der Waals surface area contributed by atoms with Gasteiger partial charge in [0.25, 0.3) is 0 Å². The number of nitriles is 1. The average Bonchev–Trinajstić information content (AvgIpc) is 2.94. The van der Waals surface area contributed by atoms with E-state index in [1.54, 1.807) is 0 Å². The summed E-state index contributed by atoms with van der Waals surface area (Å²) in [5.41, 5.74) is 14.5. The minimum atomic E-state index is 0.0890. The van der Waals surface area contributed by atoms with Crippen LogP contribution in [-0.4, -0.2) is 19.6 Å². The molecule has 0 saturated heterocycles. The Bertz CT molecular complexity index is 1010. The summed E-state index contributed by atoms with van der Waals surface area (Å²) in [6.07, 6.45) is 4.21. The van der Waals surface area contributed by atoms with Crippen molar-refractivity contribution in [2.24, 2.45) is 5.73 Å². The highest BCUT2D eigenvalue weighted by Crippen LogP contribution is 2.35. The molecule has 2 aromatic carbocycles. The van der Waals surface area contributed by atoms with E-state index in [1.807, 2.05) is 31.2 Å². The fraction of sp³-hybridized carbons (Fsp3) is 0.292. The summed E-state index contributed by atoms with van der Waals surface area (Å²) >= 11 is 0. The van der Waals surface area contributed by atoms with Crippen LogP contribution in [0.1, 0.15) is 48.1 Å². The molecule has 29 heavy (non-hydrogen) atoms. The number of anilines is 1. The van der Waals surface area contributed by atoms with Gasteiger partial charge in [-0.05, 0) is 61.2 Å². The summed E-state index contributed by atoms with van der Waals surface area (Å²) in [5.74, 6) is 0. The number of nitrogens with two attached hydrogens (primary N) is 1. The zero-order chi connectivity index (χ0) is 20.2. The molecule has 5 heteroatoms. The van der Waals surface area contributed by atoms with E-state index in [9.17, 15) is 5.26 Å². The van der Waals surface area contributed by atoms with Crippen molar-refractivity contribution in [2.45, 2.75) is 25.8 Å². The van der Waals surface area contributed by atoms with Gasteiger partial charge in [0, 0.05) is 24.4 Å². The van der Waals surface area contributed by atoms with Crippen LogP contribution >= 0.6 is 0 Å². The van der Waals surface area contributed by atoms with Gasteiger partial charge in [-0.3, -0.25) is 0 Å². The summed E-state index contributed by atoms with van der Waals surface area (Å²) in [4.78, 5) is 0. The monoisotopic (exact) mass is 385 g/mol. The smallest absolute Gasteiger partial charge is 0.101 e. The Labute approximate surface area is 172 Å². The van der Waals surface area contributed by atoms with E-state index in [1.165, 1.54) is 16.7 Å². The van der Waals surface area contributed by atoms with E-state index in [4.69, 9.17) is 5.73 Å². The molecular weight excluding hydrogens is 358 g/mol. The topological polar surface area (TPSA) is 85.9 Å². The van der Waals surface area contributed by atoms with Crippen LogP contribution in [0.25, 0.3) is 11.3 Å². The molecule has 0 amide bonds. The number of fused-ring (bicyclic) bond motifs is 1. The Kier molecular flexibility index (Phi) is 5.55. The minimum Gasteiger partial charge on any atom is -0.401 e. The molecule has 0 bridgehead atoms. The molecule has 0 radical (unpaired) electrons. The highest BCUT2D eigenvalue weighted by Gasteiger charge is 2.24. The first kappa shape index (κ1) is 19.1. The van der Waals surface area contributed by atoms with Crippen molar-refractivity contribution in [2.75, 3.05) is 25.0 Å². The standard InChI is InChI=1S/C24H27N5/c1-16(26)24-20-7-6-18(17-8-11-27-12-9-17)14-21(20)23(10-13-28-24)29-22-5-3-2-4-19(22)15-25/h2-8,14,23,27-29H,9-13,26H2,1H3/b24-16-. The number of allylic oxidation sites excluding steroid dienone is 1. The van der Waals surface area contributed by atoms with Crippen LogP contribution in [0.5, 0.6) is 0 Å².